The van der Waals surface area contributed by atoms with Gasteiger partial charge >= 0.3 is 0 Å². The second-order valence-corrected chi connectivity index (χ2v) is 7.25. The number of ether oxygens (including phenoxy) is 1. The first kappa shape index (κ1) is 16.4. The number of anilines is 1. The summed E-state index contributed by atoms with van der Waals surface area (Å²) >= 11 is 1.86. The summed E-state index contributed by atoms with van der Waals surface area (Å²) in [5, 5.41) is 3.47. The van der Waals surface area contributed by atoms with E-state index in [1.807, 2.05) is 11.8 Å². The molecule has 2 atom stereocenters. The molecule has 3 rings (SSSR count). The summed E-state index contributed by atoms with van der Waals surface area (Å²) in [5.74, 6) is 0.975. The van der Waals surface area contributed by atoms with E-state index < -0.39 is 0 Å². The topological polar surface area (TPSA) is 24.5 Å². The quantitative estimate of drug-likeness (QED) is 0.843. The monoisotopic (exact) mass is 328 g/mol. The van der Waals surface area contributed by atoms with Gasteiger partial charge in [-0.15, -0.1) is 11.8 Å². The number of nitrogens with one attached hydrogen (secondary N) is 1. The molecule has 1 heterocycles. The number of benzene rings is 2. The standard InChI is InChI=1S/C19H24N2OS/c1-14-4-10-18(11-5-14)23-13-17-12-20-19(22-17)15-6-8-16(9-7-15)21(2)3/h4-11,17,19-20H,12-13H2,1-3H3/t17-,19+/m1/s1. The Morgan fingerprint density at radius 3 is 2.43 bits per heavy atom. The van der Waals surface area contributed by atoms with Gasteiger partial charge in [-0.25, -0.2) is 0 Å². The summed E-state index contributed by atoms with van der Waals surface area (Å²) in [6.07, 6.45) is 0.259. The summed E-state index contributed by atoms with van der Waals surface area (Å²) in [6.45, 7) is 3.02. The van der Waals surface area contributed by atoms with Gasteiger partial charge in [-0.05, 0) is 36.8 Å². The van der Waals surface area contributed by atoms with E-state index in [4.69, 9.17) is 4.74 Å². The fraction of sp³-hybridized carbons (Fsp3) is 0.368. The molecule has 1 aliphatic heterocycles. The maximum absolute atomic E-state index is 6.15. The second kappa shape index (κ2) is 7.39. The molecule has 1 N–H and O–H groups in total. The molecular formula is C19H24N2OS. The zero-order valence-corrected chi connectivity index (χ0v) is 14.8. The minimum Gasteiger partial charge on any atom is -0.378 e. The zero-order valence-electron chi connectivity index (χ0n) is 14.0. The Hall–Kier alpha value is -1.49. The van der Waals surface area contributed by atoms with Crippen LogP contribution < -0.4 is 10.2 Å². The van der Waals surface area contributed by atoms with Gasteiger partial charge in [0.05, 0.1) is 6.10 Å². The van der Waals surface area contributed by atoms with E-state index in [-0.39, 0.29) is 12.3 Å². The van der Waals surface area contributed by atoms with Gasteiger partial charge in [0.25, 0.3) is 0 Å². The van der Waals surface area contributed by atoms with Crippen LogP contribution >= 0.6 is 11.8 Å². The molecule has 0 aliphatic carbocycles. The van der Waals surface area contributed by atoms with Crippen molar-refractivity contribution in [2.75, 3.05) is 31.3 Å². The fourth-order valence-corrected chi connectivity index (χ4v) is 3.50. The van der Waals surface area contributed by atoms with Crippen LogP contribution in [0.5, 0.6) is 0 Å². The third kappa shape index (κ3) is 4.28. The average Bonchev–Trinajstić information content (AvgIpc) is 3.03. The Morgan fingerprint density at radius 1 is 1.09 bits per heavy atom. The predicted octanol–water partition coefficient (Wildman–Crippen LogP) is 3.84. The lowest BCUT2D eigenvalue weighted by Gasteiger charge is -2.16. The van der Waals surface area contributed by atoms with Crippen LogP contribution in [0.2, 0.25) is 0 Å². The van der Waals surface area contributed by atoms with Crippen molar-refractivity contribution < 1.29 is 4.74 Å². The minimum atomic E-state index is 0.00910. The maximum atomic E-state index is 6.15. The molecule has 0 unspecified atom stereocenters. The molecule has 0 amide bonds. The Labute approximate surface area is 143 Å². The highest BCUT2D eigenvalue weighted by Gasteiger charge is 2.25. The van der Waals surface area contributed by atoms with Crippen LogP contribution in [0.25, 0.3) is 0 Å². The summed E-state index contributed by atoms with van der Waals surface area (Å²) < 4.78 is 6.15. The summed E-state index contributed by atoms with van der Waals surface area (Å²) in [7, 11) is 4.11. The number of hydrogen-bond acceptors (Lipinski definition) is 4. The maximum Gasteiger partial charge on any atom is 0.134 e. The largest absolute Gasteiger partial charge is 0.378 e. The van der Waals surface area contributed by atoms with Gasteiger partial charge in [-0.3, -0.25) is 5.32 Å². The van der Waals surface area contributed by atoms with E-state index in [2.05, 4.69) is 79.8 Å². The molecule has 122 valence electrons. The van der Waals surface area contributed by atoms with Crippen LogP contribution in [-0.2, 0) is 4.74 Å². The van der Waals surface area contributed by atoms with Gasteiger partial charge in [-0.1, -0.05) is 29.8 Å². The van der Waals surface area contributed by atoms with Crippen LogP contribution in [-0.4, -0.2) is 32.5 Å². The molecule has 1 fully saturated rings. The van der Waals surface area contributed by atoms with Gasteiger partial charge < -0.3 is 9.64 Å². The highest BCUT2D eigenvalue weighted by molar-refractivity contribution is 7.99. The van der Waals surface area contributed by atoms with Crippen LogP contribution in [0.3, 0.4) is 0 Å². The third-order valence-electron chi connectivity index (χ3n) is 4.03. The molecule has 4 heteroatoms. The highest BCUT2D eigenvalue weighted by atomic mass is 32.2. The molecule has 1 saturated heterocycles. The third-order valence-corrected chi connectivity index (χ3v) is 5.17. The van der Waals surface area contributed by atoms with E-state index >= 15 is 0 Å². The van der Waals surface area contributed by atoms with E-state index in [0.29, 0.717) is 0 Å². The molecule has 0 radical (unpaired) electrons. The molecule has 1 aliphatic rings. The van der Waals surface area contributed by atoms with Crippen LogP contribution in [0.4, 0.5) is 5.69 Å². The SMILES string of the molecule is Cc1ccc(SC[C@H]2CN[C@H](c3ccc(N(C)C)cc3)O2)cc1. The van der Waals surface area contributed by atoms with E-state index in [1.165, 1.54) is 21.7 Å². The first-order valence-electron chi connectivity index (χ1n) is 7.97. The Kier molecular flexibility index (Phi) is 5.26. The number of thioether (sulfide) groups is 1. The predicted molar refractivity (Wildman–Crippen MR) is 98.3 cm³/mol. The van der Waals surface area contributed by atoms with E-state index in [9.17, 15) is 0 Å². The van der Waals surface area contributed by atoms with Crippen molar-refractivity contribution in [3.05, 3.63) is 59.7 Å². The van der Waals surface area contributed by atoms with Gasteiger partial charge in [0.15, 0.2) is 0 Å². The van der Waals surface area contributed by atoms with E-state index in [1.54, 1.807) is 0 Å². The van der Waals surface area contributed by atoms with Gasteiger partial charge in [0, 0.05) is 37.0 Å². The first-order chi connectivity index (χ1) is 11.1. The molecule has 3 nitrogen and oxygen atoms in total. The smallest absolute Gasteiger partial charge is 0.134 e. The molecule has 2 aromatic carbocycles. The Morgan fingerprint density at radius 2 is 1.78 bits per heavy atom. The lowest BCUT2D eigenvalue weighted by Crippen LogP contribution is -2.16. The van der Waals surface area contributed by atoms with E-state index in [0.717, 1.165) is 12.3 Å². The van der Waals surface area contributed by atoms with Gasteiger partial charge in [0.2, 0.25) is 0 Å². The van der Waals surface area contributed by atoms with Gasteiger partial charge in [-0.2, -0.15) is 0 Å². The Bertz CT molecular complexity index is 625. The summed E-state index contributed by atoms with van der Waals surface area (Å²) in [5.41, 5.74) is 3.70. The van der Waals surface area contributed by atoms with Crippen LogP contribution in [0, 0.1) is 6.92 Å². The summed E-state index contributed by atoms with van der Waals surface area (Å²) in [4.78, 5) is 3.41. The lowest BCUT2D eigenvalue weighted by molar-refractivity contribution is 0.0535. The summed E-state index contributed by atoms with van der Waals surface area (Å²) in [6, 6.07) is 17.2. The van der Waals surface area contributed by atoms with Crippen molar-refractivity contribution in [2.24, 2.45) is 0 Å². The number of aryl methyl sites for hydroxylation is 1. The number of nitrogens with zero attached hydrogens (tertiary/aromatic N) is 1. The molecule has 0 bridgehead atoms. The van der Waals surface area contributed by atoms with Crippen LogP contribution in [0.15, 0.2) is 53.4 Å². The normalized spacial score (nSPS) is 20.7. The number of hydrogen-bond donors (Lipinski definition) is 1. The van der Waals surface area contributed by atoms with Crippen molar-refractivity contribution in [3.63, 3.8) is 0 Å². The first-order valence-corrected chi connectivity index (χ1v) is 8.96. The molecule has 0 aromatic heterocycles. The Balaban J connectivity index is 1.52. The van der Waals surface area contributed by atoms with Crippen molar-refractivity contribution in [1.82, 2.24) is 5.32 Å². The van der Waals surface area contributed by atoms with Crippen molar-refractivity contribution in [2.45, 2.75) is 24.2 Å². The number of rotatable bonds is 5. The minimum absolute atomic E-state index is 0.00910. The highest BCUT2D eigenvalue weighted by Crippen LogP contribution is 2.27. The fourth-order valence-electron chi connectivity index (χ4n) is 2.59. The van der Waals surface area contributed by atoms with Crippen molar-refractivity contribution in [3.8, 4) is 0 Å². The van der Waals surface area contributed by atoms with Gasteiger partial charge in [0.1, 0.15) is 6.23 Å². The van der Waals surface area contributed by atoms with Crippen molar-refractivity contribution in [1.29, 1.82) is 0 Å². The molecule has 23 heavy (non-hydrogen) atoms. The lowest BCUT2D eigenvalue weighted by atomic mass is 10.2. The second-order valence-electron chi connectivity index (χ2n) is 6.16. The molecular weight excluding hydrogens is 304 g/mol. The average molecular weight is 328 g/mol. The van der Waals surface area contributed by atoms with Crippen LogP contribution in [0.1, 0.15) is 17.4 Å². The van der Waals surface area contributed by atoms with Crippen molar-refractivity contribution >= 4 is 17.4 Å². The zero-order chi connectivity index (χ0) is 16.2. The molecule has 0 spiro atoms. The molecule has 2 aromatic rings. The molecule has 0 saturated carbocycles.